The van der Waals surface area contributed by atoms with Crippen molar-refractivity contribution < 1.29 is 9.21 Å². The molecule has 0 fully saturated rings. The largest absolute Gasteiger partial charge is 0.451 e. The molecule has 0 saturated heterocycles. The molecule has 0 aliphatic carbocycles. The second-order valence-corrected chi connectivity index (χ2v) is 3.71. The fourth-order valence-electron chi connectivity index (χ4n) is 1.33. The smallest absolute Gasteiger partial charge is 0.305 e. The number of hydrogen-bond acceptors (Lipinski definition) is 3. The Labute approximate surface area is 103 Å². The van der Waals surface area contributed by atoms with Crippen LogP contribution in [-0.2, 0) is 0 Å². The fraction of sp³-hybridized carbons (Fsp3) is 0.0909. The standard InChI is InChI=1S/C11H11N3O2S/c1-12-11(17)14-13-10(15)9-6-7-4-2-3-5-8(7)16-9/h2-6H,1H3,(H,13,15)(H2,12,14,17). The number of carbonyl (C=O) groups is 1. The number of hydrogen-bond donors (Lipinski definition) is 3. The highest BCUT2D eigenvalue weighted by Crippen LogP contribution is 2.18. The Morgan fingerprint density at radius 1 is 1.29 bits per heavy atom. The highest BCUT2D eigenvalue weighted by Gasteiger charge is 2.11. The lowest BCUT2D eigenvalue weighted by atomic mass is 10.2. The number of benzene rings is 1. The molecule has 1 aromatic carbocycles. The normalized spacial score (nSPS) is 9.94. The van der Waals surface area contributed by atoms with Gasteiger partial charge in [0.1, 0.15) is 5.58 Å². The van der Waals surface area contributed by atoms with Crippen molar-refractivity contribution in [2.45, 2.75) is 0 Å². The summed E-state index contributed by atoms with van der Waals surface area (Å²) in [5.74, 6) is -0.142. The van der Waals surface area contributed by atoms with Crippen LogP contribution in [0.1, 0.15) is 10.6 Å². The van der Waals surface area contributed by atoms with E-state index in [4.69, 9.17) is 16.6 Å². The molecule has 1 aromatic heterocycles. The van der Waals surface area contributed by atoms with E-state index in [1.54, 1.807) is 19.2 Å². The Hall–Kier alpha value is -2.08. The summed E-state index contributed by atoms with van der Waals surface area (Å²) in [6, 6.07) is 9.09. The number of rotatable bonds is 1. The number of thiocarbonyl (C=S) groups is 1. The zero-order chi connectivity index (χ0) is 12.3. The minimum Gasteiger partial charge on any atom is -0.451 e. The zero-order valence-corrected chi connectivity index (χ0v) is 9.93. The van der Waals surface area contributed by atoms with E-state index in [1.807, 2.05) is 18.2 Å². The second-order valence-electron chi connectivity index (χ2n) is 3.31. The van der Waals surface area contributed by atoms with Gasteiger partial charge >= 0.3 is 5.91 Å². The number of furan rings is 1. The van der Waals surface area contributed by atoms with Gasteiger partial charge in [0.15, 0.2) is 10.9 Å². The second kappa shape index (κ2) is 4.84. The van der Waals surface area contributed by atoms with E-state index in [-0.39, 0.29) is 11.7 Å². The van der Waals surface area contributed by atoms with Gasteiger partial charge in [-0.05, 0) is 24.4 Å². The lowest BCUT2D eigenvalue weighted by Crippen LogP contribution is -2.45. The topological polar surface area (TPSA) is 66.3 Å². The summed E-state index contributed by atoms with van der Waals surface area (Å²) in [6.07, 6.45) is 0. The summed E-state index contributed by atoms with van der Waals surface area (Å²) < 4.78 is 5.38. The van der Waals surface area contributed by atoms with Gasteiger partial charge < -0.3 is 9.73 Å². The van der Waals surface area contributed by atoms with Crippen LogP contribution in [0.25, 0.3) is 11.0 Å². The summed E-state index contributed by atoms with van der Waals surface area (Å²) >= 11 is 4.82. The van der Waals surface area contributed by atoms with E-state index in [1.165, 1.54) is 0 Å². The molecule has 3 N–H and O–H groups in total. The minimum atomic E-state index is -0.376. The monoisotopic (exact) mass is 249 g/mol. The molecule has 0 aliphatic rings. The number of nitrogens with one attached hydrogen (secondary N) is 3. The molecule has 6 heteroatoms. The molecule has 2 aromatic rings. The van der Waals surface area contributed by atoms with Crippen LogP contribution in [0.3, 0.4) is 0 Å². The van der Waals surface area contributed by atoms with Crippen molar-refractivity contribution in [3.63, 3.8) is 0 Å². The average Bonchev–Trinajstić information content (AvgIpc) is 2.79. The summed E-state index contributed by atoms with van der Waals surface area (Å²) in [5, 5.41) is 3.88. The van der Waals surface area contributed by atoms with E-state index in [9.17, 15) is 4.79 Å². The molecule has 0 spiro atoms. The van der Waals surface area contributed by atoms with Gasteiger partial charge in [-0.3, -0.25) is 15.6 Å². The Morgan fingerprint density at radius 2 is 2.06 bits per heavy atom. The van der Waals surface area contributed by atoms with Gasteiger partial charge in [-0.2, -0.15) is 0 Å². The maximum absolute atomic E-state index is 11.7. The SMILES string of the molecule is CNC(=S)NNC(=O)c1cc2ccccc2o1. The molecular formula is C11H11N3O2S. The fourth-order valence-corrected chi connectivity index (χ4v) is 1.38. The van der Waals surface area contributed by atoms with E-state index in [2.05, 4.69) is 16.2 Å². The van der Waals surface area contributed by atoms with Gasteiger partial charge in [0.05, 0.1) is 0 Å². The Bertz CT molecular complexity index is 532. The third-order valence-electron chi connectivity index (χ3n) is 2.17. The van der Waals surface area contributed by atoms with E-state index < -0.39 is 0 Å². The first kappa shape index (κ1) is 11.4. The first-order valence-electron chi connectivity index (χ1n) is 4.97. The number of amides is 1. The van der Waals surface area contributed by atoms with Crippen molar-refractivity contribution in [2.24, 2.45) is 0 Å². The first-order valence-corrected chi connectivity index (χ1v) is 5.38. The van der Waals surface area contributed by atoms with E-state index in [0.29, 0.717) is 10.7 Å². The van der Waals surface area contributed by atoms with E-state index >= 15 is 0 Å². The molecule has 5 nitrogen and oxygen atoms in total. The van der Waals surface area contributed by atoms with Crippen molar-refractivity contribution in [3.8, 4) is 0 Å². The van der Waals surface area contributed by atoms with Crippen LogP contribution >= 0.6 is 12.2 Å². The molecule has 1 amide bonds. The van der Waals surface area contributed by atoms with Crippen LogP contribution in [-0.4, -0.2) is 18.1 Å². The van der Waals surface area contributed by atoms with Gasteiger partial charge in [-0.1, -0.05) is 18.2 Å². The summed E-state index contributed by atoms with van der Waals surface area (Å²) in [4.78, 5) is 11.7. The quantitative estimate of drug-likeness (QED) is 0.523. The number of carbonyl (C=O) groups excluding carboxylic acids is 1. The average molecular weight is 249 g/mol. The van der Waals surface area contributed by atoms with Crippen LogP contribution in [0.15, 0.2) is 34.7 Å². The first-order chi connectivity index (χ1) is 8.20. The summed E-state index contributed by atoms with van der Waals surface area (Å²) in [5.41, 5.74) is 5.63. The molecule has 0 unspecified atom stereocenters. The maximum Gasteiger partial charge on any atom is 0.305 e. The highest BCUT2D eigenvalue weighted by molar-refractivity contribution is 7.80. The molecule has 17 heavy (non-hydrogen) atoms. The molecule has 0 radical (unpaired) electrons. The number of para-hydroxylation sites is 1. The van der Waals surface area contributed by atoms with Crippen LogP contribution in [0.4, 0.5) is 0 Å². The molecule has 88 valence electrons. The van der Waals surface area contributed by atoms with Crippen LogP contribution in [0.5, 0.6) is 0 Å². The Morgan fingerprint density at radius 3 is 2.76 bits per heavy atom. The van der Waals surface area contributed by atoms with Gasteiger partial charge in [0.25, 0.3) is 0 Å². The molecule has 1 heterocycles. The summed E-state index contributed by atoms with van der Waals surface area (Å²) in [6.45, 7) is 0. The molecule has 2 rings (SSSR count). The Balaban J connectivity index is 2.11. The molecule has 0 bridgehead atoms. The van der Waals surface area contributed by atoms with Gasteiger partial charge in [0, 0.05) is 12.4 Å². The van der Waals surface area contributed by atoms with Crippen molar-refractivity contribution in [1.29, 1.82) is 0 Å². The maximum atomic E-state index is 11.7. The van der Waals surface area contributed by atoms with Crippen LogP contribution < -0.4 is 16.2 Å². The molecular weight excluding hydrogens is 238 g/mol. The lowest BCUT2D eigenvalue weighted by Gasteiger charge is -2.06. The number of hydrazine groups is 1. The van der Waals surface area contributed by atoms with Gasteiger partial charge in [-0.15, -0.1) is 0 Å². The van der Waals surface area contributed by atoms with Crippen molar-refractivity contribution in [2.75, 3.05) is 7.05 Å². The molecule has 0 saturated carbocycles. The number of fused-ring (bicyclic) bond motifs is 1. The van der Waals surface area contributed by atoms with Crippen molar-refractivity contribution >= 4 is 34.2 Å². The molecule has 0 aliphatic heterocycles. The minimum absolute atomic E-state index is 0.234. The van der Waals surface area contributed by atoms with Crippen LogP contribution in [0.2, 0.25) is 0 Å². The zero-order valence-electron chi connectivity index (χ0n) is 9.11. The van der Waals surface area contributed by atoms with Crippen molar-refractivity contribution in [1.82, 2.24) is 16.2 Å². The lowest BCUT2D eigenvalue weighted by molar-refractivity contribution is 0.0918. The predicted octanol–water partition coefficient (Wildman–Crippen LogP) is 1.17. The van der Waals surface area contributed by atoms with Gasteiger partial charge in [0.2, 0.25) is 0 Å². The summed E-state index contributed by atoms with van der Waals surface area (Å²) in [7, 11) is 1.66. The third kappa shape index (κ3) is 2.54. The van der Waals surface area contributed by atoms with E-state index in [0.717, 1.165) is 5.39 Å². The predicted molar refractivity (Wildman–Crippen MR) is 68.5 cm³/mol. The third-order valence-corrected chi connectivity index (χ3v) is 2.47. The van der Waals surface area contributed by atoms with Crippen molar-refractivity contribution in [3.05, 3.63) is 36.1 Å². The Kier molecular flexibility index (Phi) is 3.24. The molecule has 0 atom stereocenters. The van der Waals surface area contributed by atoms with Crippen LogP contribution in [0, 0.1) is 0 Å². The van der Waals surface area contributed by atoms with Gasteiger partial charge in [-0.25, -0.2) is 0 Å². The highest BCUT2D eigenvalue weighted by atomic mass is 32.1.